The molecule has 0 radical (unpaired) electrons. The fraction of sp³-hybridized carbons (Fsp3) is 0.941. The van der Waals surface area contributed by atoms with Crippen molar-refractivity contribution in [2.75, 3.05) is 26.7 Å². The summed E-state index contributed by atoms with van der Waals surface area (Å²) >= 11 is 0. The predicted octanol–water partition coefficient (Wildman–Crippen LogP) is 2.57. The van der Waals surface area contributed by atoms with E-state index < -0.39 is 5.54 Å². The quantitative estimate of drug-likeness (QED) is 0.733. The van der Waals surface area contributed by atoms with Crippen LogP contribution in [0, 0.1) is 5.92 Å². The van der Waals surface area contributed by atoms with Gasteiger partial charge in [0.05, 0.1) is 6.61 Å². The van der Waals surface area contributed by atoms with E-state index >= 15 is 0 Å². The van der Waals surface area contributed by atoms with Gasteiger partial charge in [-0.2, -0.15) is 0 Å². The Morgan fingerprint density at radius 3 is 2.57 bits per heavy atom. The number of nitrogens with one attached hydrogen (secondary N) is 1. The summed E-state index contributed by atoms with van der Waals surface area (Å²) in [5, 5.41) is 3.36. The molecule has 0 aromatic heterocycles. The van der Waals surface area contributed by atoms with Crippen LogP contribution in [0.1, 0.15) is 58.8 Å². The highest BCUT2D eigenvalue weighted by molar-refractivity contribution is 5.82. The Labute approximate surface area is 129 Å². The van der Waals surface area contributed by atoms with Gasteiger partial charge in [0.1, 0.15) is 5.54 Å². The van der Waals surface area contributed by atoms with E-state index in [1.54, 1.807) is 0 Å². The number of esters is 1. The van der Waals surface area contributed by atoms with E-state index in [1.807, 2.05) is 14.0 Å². The SMILES string of the molecule is CCOC(=O)C(CN1CCCCCC1CC)(NC)C1CC1. The maximum absolute atomic E-state index is 12.6. The van der Waals surface area contributed by atoms with E-state index in [1.165, 1.54) is 32.1 Å². The molecule has 2 atom stereocenters. The van der Waals surface area contributed by atoms with Crippen LogP contribution in [0.25, 0.3) is 0 Å². The summed E-state index contributed by atoms with van der Waals surface area (Å²) in [6, 6.07) is 0.619. The fourth-order valence-corrected chi connectivity index (χ4v) is 3.81. The van der Waals surface area contributed by atoms with Crippen molar-refractivity contribution in [1.82, 2.24) is 10.2 Å². The molecule has 122 valence electrons. The standard InChI is InChI=1S/C17H32N2O2/c1-4-15-9-7-6-8-12-19(15)13-17(18-3,14-10-11-14)16(20)21-5-2/h14-15,18H,4-13H2,1-3H3. The van der Waals surface area contributed by atoms with E-state index in [0.717, 1.165) is 25.9 Å². The second-order valence-corrected chi connectivity index (χ2v) is 6.60. The molecule has 1 N–H and O–H groups in total. The van der Waals surface area contributed by atoms with Crippen molar-refractivity contribution in [1.29, 1.82) is 0 Å². The van der Waals surface area contributed by atoms with Crippen LogP contribution in [-0.4, -0.2) is 49.2 Å². The lowest BCUT2D eigenvalue weighted by molar-refractivity contribution is -0.153. The minimum atomic E-state index is -0.492. The van der Waals surface area contributed by atoms with Crippen LogP contribution in [0.4, 0.5) is 0 Å². The van der Waals surface area contributed by atoms with Crippen LogP contribution >= 0.6 is 0 Å². The maximum atomic E-state index is 12.6. The summed E-state index contributed by atoms with van der Waals surface area (Å²) < 4.78 is 5.41. The molecule has 2 fully saturated rings. The van der Waals surface area contributed by atoms with Crippen LogP contribution in [-0.2, 0) is 9.53 Å². The summed E-state index contributed by atoms with van der Waals surface area (Å²) in [5.41, 5.74) is -0.492. The second kappa shape index (κ2) is 7.59. The van der Waals surface area contributed by atoms with Crippen molar-refractivity contribution in [2.45, 2.75) is 70.4 Å². The average Bonchev–Trinajstić information content (AvgIpc) is 3.32. The van der Waals surface area contributed by atoms with Gasteiger partial charge in [0.15, 0.2) is 0 Å². The molecule has 0 aromatic rings. The molecule has 0 spiro atoms. The number of rotatable bonds is 7. The second-order valence-electron chi connectivity index (χ2n) is 6.60. The van der Waals surface area contributed by atoms with Gasteiger partial charge in [0.25, 0.3) is 0 Å². The Kier molecular flexibility index (Phi) is 6.06. The zero-order valence-corrected chi connectivity index (χ0v) is 14.0. The monoisotopic (exact) mass is 296 g/mol. The predicted molar refractivity (Wildman–Crippen MR) is 85.3 cm³/mol. The summed E-state index contributed by atoms with van der Waals surface area (Å²) in [6.45, 7) is 6.56. The Bertz CT molecular complexity index is 344. The Morgan fingerprint density at radius 1 is 1.24 bits per heavy atom. The molecule has 2 aliphatic rings. The third-order valence-corrected chi connectivity index (χ3v) is 5.28. The zero-order valence-electron chi connectivity index (χ0n) is 14.0. The van der Waals surface area contributed by atoms with Gasteiger partial charge in [0, 0.05) is 12.6 Å². The average molecular weight is 296 g/mol. The van der Waals surface area contributed by atoms with Gasteiger partial charge in [-0.3, -0.25) is 4.90 Å². The van der Waals surface area contributed by atoms with Crippen molar-refractivity contribution in [2.24, 2.45) is 5.92 Å². The molecule has 2 rings (SSSR count). The van der Waals surface area contributed by atoms with Crippen LogP contribution in [0.2, 0.25) is 0 Å². The number of hydrogen-bond donors (Lipinski definition) is 1. The van der Waals surface area contributed by atoms with Gasteiger partial charge < -0.3 is 10.1 Å². The van der Waals surface area contributed by atoms with Crippen molar-refractivity contribution in [3.8, 4) is 0 Å². The topological polar surface area (TPSA) is 41.6 Å². The summed E-state index contributed by atoms with van der Waals surface area (Å²) in [4.78, 5) is 15.2. The molecule has 1 saturated heterocycles. The van der Waals surface area contributed by atoms with E-state index in [2.05, 4.69) is 17.1 Å². The van der Waals surface area contributed by atoms with Gasteiger partial charge >= 0.3 is 5.97 Å². The molecule has 0 amide bonds. The van der Waals surface area contributed by atoms with Gasteiger partial charge in [-0.15, -0.1) is 0 Å². The molecular weight excluding hydrogens is 264 g/mol. The molecule has 21 heavy (non-hydrogen) atoms. The van der Waals surface area contributed by atoms with Crippen molar-refractivity contribution in [3.05, 3.63) is 0 Å². The molecular formula is C17H32N2O2. The van der Waals surface area contributed by atoms with E-state index in [-0.39, 0.29) is 5.97 Å². The normalized spacial score (nSPS) is 26.9. The molecule has 1 saturated carbocycles. The third-order valence-electron chi connectivity index (χ3n) is 5.28. The summed E-state index contributed by atoms with van der Waals surface area (Å²) in [5.74, 6) is 0.399. The third kappa shape index (κ3) is 3.78. The number of hydrogen-bond acceptors (Lipinski definition) is 4. The van der Waals surface area contributed by atoms with Crippen LogP contribution in [0.3, 0.4) is 0 Å². The highest BCUT2D eigenvalue weighted by Gasteiger charge is 2.52. The zero-order chi connectivity index (χ0) is 15.3. The number of nitrogens with zero attached hydrogens (tertiary/aromatic N) is 1. The van der Waals surface area contributed by atoms with Crippen molar-refractivity contribution >= 4 is 5.97 Å². The van der Waals surface area contributed by atoms with Gasteiger partial charge in [-0.25, -0.2) is 4.79 Å². The number of likely N-dealkylation sites (tertiary alicyclic amines) is 1. The Hall–Kier alpha value is -0.610. The molecule has 4 heteroatoms. The molecule has 4 nitrogen and oxygen atoms in total. The number of carbonyl (C=O) groups excluding carboxylic acids is 1. The van der Waals surface area contributed by atoms with E-state index in [0.29, 0.717) is 18.6 Å². The lowest BCUT2D eigenvalue weighted by Crippen LogP contribution is -2.61. The highest BCUT2D eigenvalue weighted by Crippen LogP contribution is 2.41. The lowest BCUT2D eigenvalue weighted by atomic mass is 9.91. The molecule has 0 bridgehead atoms. The molecule has 0 aromatic carbocycles. The molecule has 1 heterocycles. The highest BCUT2D eigenvalue weighted by atomic mass is 16.5. The first-order chi connectivity index (χ1) is 10.2. The Balaban J connectivity index is 2.14. The van der Waals surface area contributed by atoms with Crippen LogP contribution in [0.5, 0.6) is 0 Å². The van der Waals surface area contributed by atoms with E-state index in [9.17, 15) is 4.79 Å². The van der Waals surface area contributed by atoms with Crippen LogP contribution < -0.4 is 5.32 Å². The molecule has 2 unspecified atom stereocenters. The van der Waals surface area contributed by atoms with Crippen LogP contribution in [0.15, 0.2) is 0 Å². The Morgan fingerprint density at radius 2 is 2.00 bits per heavy atom. The first-order valence-electron chi connectivity index (χ1n) is 8.78. The number of ether oxygens (including phenoxy) is 1. The number of likely N-dealkylation sites (N-methyl/N-ethyl adjacent to an activating group) is 1. The lowest BCUT2D eigenvalue weighted by Gasteiger charge is -2.39. The summed E-state index contributed by atoms with van der Waals surface area (Å²) in [6.07, 6.45) is 8.63. The largest absolute Gasteiger partial charge is 0.465 e. The first-order valence-corrected chi connectivity index (χ1v) is 8.78. The maximum Gasteiger partial charge on any atom is 0.327 e. The van der Waals surface area contributed by atoms with E-state index in [4.69, 9.17) is 4.74 Å². The molecule has 1 aliphatic carbocycles. The first kappa shape index (κ1) is 16.8. The van der Waals surface area contributed by atoms with Crippen molar-refractivity contribution in [3.63, 3.8) is 0 Å². The van der Waals surface area contributed by atoms with Crippen molar-refractivity contribution < 1.29 is 9.53 Å². The van der Waals surface area contributed by atoms with Gasteiger partial charge in [0.2, 0.25) is 0 Å². The molecule has 1 aliphatic heterocycles. The fourth-order valence-electron chi connectivity index (χ4n) is 3.81. The van der Waals surface area contributed by atoms with Gasteiger partial charge in [-0.1, -0.05) is 19.8 Å². The summed E-state index contributed by atoms with van der Waals surface area (Å²) in [7, 11) is 1.92. The van der Waals surface area contributed by atoms with Gasteiger partial charge in [-0.05, 0) is 58.5 Å². The number of carbonyl (C=O) groups is 1. The minimum absolute atomic E-state index is 0.0471. The smallest absolute Gasteiger partial charge is 0.327 e. The minimum Gasteiger partial charge on any atom is -0.465 e.